The van der Waals surface area contributed by atoms with Gasteiger partial charge in [-0.1, -0.05) is 0 Å². The highest BCUT2D eigenvalue weighted by Crippen LogP contribution is 2.10. The third-order valence-electron chi connectivity index (χ3n) is 3.08. The van der Waals surface area contributed by atoms with Gasteiger partial charge in [0.25, 0.3) is 0 Å². The van der Waals surface area contributed by atoms with Crippen molar-refractivity contribution in [2.75, 3.05) is 20.6 Å². The lowest BCUT2D eigenvalue weighted by molar-refractivity contribution is 0.295. The first-order chi connectivity index (χ1) is 7.54. The number of aromatic nitrogens is 2. The average molecular weight is 224 g/mol. The Kier molecular flexibility index (Phi) is 4.96. The van der Waals surface area contributed by atoms with Crippen LogP contribution < -0.4 is 5.32 Å². The largest absolute Gasteiger partial charge is 0.309 e. The molecule has 2 unspecified atom stereocenters. The molecule has 0 aliphatic heterocycles. The lowest BCUT2D eigenvalue weighted by Gasteiger charge is -2.22. The molecule has 0 radical (unpaired) electrons. The second-order valence-corrected chi connectivity index (χ2v) is 4.57. The fourth-order valence-corrected chi connectivity index (χ4v) is 1.42. The Morgan fingerprint density at radius 3 is 2.62 bits per heavy atom. The topological polar surface area (TPSA) is 33.1 Å². The van der Waals surface area contributed by atoms with Crippen LogP contribution in [0, 0.1) is 0 Å². The monoisotopic (exact) mass is 224 g/mol. The van der Waals surface area contributed by atoms with Crippen molar-refractivity contribution in [3.63, 3.8) is 0 Å². The third kappa shape index (κ3) is 3.61. The molecule has 0 amide bonds. The van der Waals surface area contributed by atoms with Crippen LogP contribution in [0.25, 0.3) is 0 Å². The van der Waals surface area contributed by atoms with Crippen LogP contribution in [0.2, 0.25) is 0 Å². The first-order valence-electron chi connectivity index (χ1n) is 5.96. The van der Waals surface area contributed by atoms with E-state index in [1.165, 1.54) is 5.56 Å². The summed E-state index contributed by atoms with van der Waals surface area (Å²) in [6, 6.07) is 0.909. The lowest BCUT2D eigenvalue weighted by Crippen LogP contribution is -2.36. The highest BCUT2D eigenvalue weighted by atomic mass is 15.3. The number of hydrogen-bond acceptors (Lipinski definition) is 3. The Hall–Kier alpha value is -0.870. The Bertz CT molecular complexity index is 306. The van der Waals surface area contributed by atoms with Crippen molar-refractivity contribution in [1.82, 2.24) is 20.0 Å². The van der Waals surface area contributed by atoms with Crippen LogP contribution in [0.5, 0.6) is 0 Å². The molecule has 4 heteroatoms. The highest BCUT2D eigenvalue weighted by Gasteiger charge is 2.10. The Morgan fingerprint density at radius 1 is 1.44 bits per heavy atom. The van der Waals surface area contributed by atoms with Crippen molar-refractivity contribution < 1.29 is 0 Å². The van der Waals surface area contributed by atoms with E-state index in [9.17, 15) is 0 Å². The first-order valence-corrected chi connectivity index (χ1v) is 5.96. The molecule has 0 bridgehead atoms. The maximum Gasteiger partial charge on any atom is 0.0537 e. The van der Waals surface area contributed by atoms with E-state index in [0.717, 1.165) is 13.1 Å². The third-order valence-corrected chi connectivity index (χ3v) is 3.08. The fourth-order valence-electron chi connectivity index (χ4n) is 1.42. The van der Waals surface area contributed by atoms with Crippen LogP contribution in [0.3, 0.4) is 0 Å². The molecule has 0 saturated carbocycles. The van der Waals surface area contributed by atoms with Gasteiger partial charge >= 0.3 is 0 Å². The minimum atomic E-state index is 0.364. The van der Waals surface area contributed by atoms with E-state index in [2.05, 4.69) is 56.4 Å². The van der Waals surface area contributed by atoms with Gasteiger partial charge in [0.1, 0.15) is 0 Å². The van der Waals surface area contributed by atoms with E-state index < -0.39 is 0 Å². The van der Waals surface area contributed by atoms with Crippen LogP contribution >= 0.6 is 0 Å². The second kappa shape index (κ2) is 6.01. The molecule has 0 aliphatic rings. The van der Waals surface area contributed by atoms with Crippen molar-refractivity contribution in [2.45, 2.75) is 39.4 Å². The van der Waals surface area contributed by atoms with Crippen LogP contribution in [0.4, 0.5) is 0 Å². The molecule has 16 heavy (non-hydrogen) atoms. The molecule has 0 saturated heterocycles. The molecule has 0 fully saturated rings. The zero-order valence-corrected chi connectivity index (χ0v) is 11.1. The summed E-state index contributed by atoms with van der Waals surface area (Å²) in [7, 11) is 4.21. The molecule has 92 valence electrons. The molecule has 1 aromatic heterocycles. The SMILES string of the molecule is CCn1cc(C(C)NCC(C)N(C)C)cn1. The van der Waals surface area contributed by atoms with Crippen molar-refractivity contribution in [3.8, 4) is 0 Å². The van der Waals surface area contributed by atoms with E-state index >= 15 is 0 Å². The van der Waals surface area contributed by atoms with Crippen LogP contribution in [-0.2, 0) is 6.54 Å². The standard InChI is InChI=1S/C12H24N4/c1-6-16-9-12(8-14-16)11(3)13-7-10(2)15(4)5/h8-11,13H,6-7H2,1-5H3. The molecule has 0 spiro atoms. The number of rotatable bonds is 6. The predicted molar refractivity (Wildman–Crippen MR) is 67.5 cm³/mol. The molecule has 0 aliphatic carbocycles. The van der Waals surface area contributed by atoms with Crippen molar-refractivity contribution >= 4 is 0 Å². The fraction of sp³-hybridized carbons (Fsp3) is 0.750. The summed E-state index contributed by atoms with van der Waals surface area (Å²) in [5.74, 6) is 0. The maximum atomic E-state index is 4.28. The normalized spacial score (nSPS) is 15.4. The van der Waals surface area contributed by atoms with Gasteiger partial charge in [-0.15, -0.1) is 0 Å². The molecular formula is C12H24N4. The second-order valence-electron chi connectivity index (χ2n) is 4.57. The van der Waals surface area contributed by atoms with Gasteiger partial charge in [0.15, 0.2) is 0 Å². The molecule has 1 heterocycles. The molecule has 1 rings (SSSR count). The van der Waals surface area contributed by atoms with Gasteiger partial charge < -0.3 is 10.2 Å². The van der Waals surface area contributed by atoms with Gasteiger partial charge in [-0.05, 0) is 34.9 Å². The van der Waals surface area contributed by atoms with Crippen molar-refractivity contribution in [2.24, 2.45) is 0 Å². The van der Waals surface area contributed by atoms with Crippen LogP contribution in [0.1, 0.15) is 32.4 Å². The lowest BCUT2D eigenvalue weighted by atomic mass is 10.2. The minimum absolute atomic E-state index is 0.364. The Morgan fingerprint density at radius 2 is 2.12 bits per heavy atom. The summed E-state index contributed by atoms with van der Waals surface area (Å²) in [5, 5.41) is 7.81. The number of likely N-dealkylation sites (N-methyl/N-ethyl adjacent to an activating group) is 1. The van der Waals surface area contributed by atoms with Gasteiger partial charge in [-0.25, -0.2) is 0 Å². The average Bonchev–Trinajstić information content (AvgIpc) is 2.73. The minimum Gasteiger partial charge on any atom is -0.309 e. The van der Waals surface area contributed by atoms with Gasteiger partial charge in [0.05, 0.1) is 6.20 Å². The molecule has 2 atom stereocenters. The summed E-state index contributed by atoms with van der Waals surface area (Å²) < 4.78 is 1.96. The van der Waals surface area contributed by atoms with E-state index in [4.69, 9.17) is 0 Å². The van der Waals surface area contributed by atoms with Crippen molar-refractivity contribution in [3.05, 3.63) is 18.0 Å². The van der Waals surface area contributed by atoms with Crippen LogP contribution in [-0.4, -0.2) is 41.4 Å². The Balaban J connectivity index is 2.43. The summed E-state index contributed by atoms with van der Waals surface area (Å²) in [6.45, 7) is 8.42. The van der Waals surface area contributed by atoms with E-state index in [0.29, 0.717) is 12.1 Å². The smallest absolute Gasteiger partial charge is 0.0537 e. The molecule has 1 aromatic rings. The molecular weight excluding hydrogens is 200 g/mol. The predicted octanol–water partition coefficient (Wildman–Crippen LogP) is 1.50. The Labute approximate surface area is 98.6 Å². The molecule has 1 N–H and O–H groups in total. The zero-order chi connectivity index (χ0) is 12.1. The van der Waals surface area contributed by atoms with Gasteiger partial charge in [0, 0.05) is 36.9 Å². The van der Waals surface area contributed by atoms with Gasteiger partial charge in [0.2, 0.25) is 0 Å². The summed E-state index contributed by atoms with van der Waals surface area (Å²) in [6.07, 6.45) is 4.06. The first kappa shape index (κ1) is 13.2. The highest BCUT2D eigenvalue weighted by molar-refractivity contribution is 5.09. The number of nitrogens with one attached hydrogen (secondary N) is 1. The summed E-state index contributed by atoms with van der Waals surface area (Å²) in [5.41, 5.74) is 1.26. The number of nitrogens with zero attached hydrogens (tertiary/aromatic N) is 3. The number of hydrogen-bond donors (Lipinski definition) is 1. The van der Waals surface area contributed by atoms with Gasteiger partial charge in [-0.2, -0.15) is 5.10 Å². The van der Waals surface area contributed by atoms with E-state index in [-0.39, 0.29) is 0 Å². The van der Waals surface area contributed by atoms with Gasteiger partial charge in [-0.3, -0.25) is 4.68 Å². The van der Waals surface area contributed by atoms with E-state index in [1.54, 1.807) is 0 Å². The van der Waals surface area contributed by atoms with Crippen molar-refractivity contribution in [1.29, 1.82) is 0 Å². The molecule has 4 nitrogen and oxygen atoms in total. The van der Waals surface area contributed by atoms with E-state index in [1.807, 2.05) is 10.9 Å². The zero-order valence-electron chi connectivity index (χ0n) is 11.1. The quantitative estimate of drug-likeness (QED) is 0.795. The van der Waals surface area contributed by atoms with Crippen LogP contribution in [0.15, 0.2) is 12.4 Å². The molecule has 0 aromatic carbocycles. The number of aryl methyl sites for hydroxylation is 1. The maximum absolute atomic E-state index is 4.28. The summed E-state index contributed by atoms with van der Waals surface area (Å²) in [4.78, 5) is 2.22. The summed E-state index contributed by atoms with van der Waals surface area (Å²) >= 11 is 0.